The summed E-state index contributed by atoms with van der Waals surface area (Å²) in [6, 6.07) is 2.14. The molecule has 8 heteroatoms. The number of hydrogen-bond acceptors (Lipinski definition) is 5. The standard InChI is InChI=1S/C23H36N6O2/c1-18-21(19(2)29(26-18)12-5-10-24)8-9-22(30)25-11-13-27-14-16-28(17-15-27)23(31)20-6-3-4-7-20/h20H,3-9,11-17H2,1-2H3,(H,25,30). The summed E-state index contributed by atoms with van der Waals surface area (Å²) in [5, 5.41) is 16.3. The summed E-state index contributed by atoms with van der Waals surface area (Å²) >= 11 is 0. The predicted octanol–water partition coefficient (Wildman–Crippen LogP) is 1.80. The summed E-state index contributed by atoms with van der Waals surface area (Å²) in [6.45, 7) is 9.38. The molecule has 0 radical (unpaired) electrons. The largest absolute Gasteiger partial charge is 0.355 e. The van der Waals surface area contributed by atoms with Gasteiger partial charge >= 0.3 is 0 Å². The Bertz CT molecular complexity index is 798. The number of aromatic nitrogens is 2. The van der Waals surface area contributed by atoms with Crippen molar-refractivity contribution in [2.45, 2.75) is 65.3 Å². The van der Waals surface area contributed by atoms with Gasteiger partial charge < -0.3 is 10.2 Å². The molecule has 1 N–H and O–H groups in total. The molecule has 1 aromatic heterocycles. The third kappa shape index (κ3) is 6.30. The average molecular weight is 429 g/mol. The topological polar surface area (TPSA) is 94.3 Å². The van der Waals surface area contributed by atoms with Crippen LogP contribution in [-0.4, -0.2) is 70.7 Å². The lowest BCUT2D eigenvalue weighted by Gasteiger charge is -2.36. The second kappa shape index (κ2) is 11.3. The van der Waals surface area contributed by atoms with E-state index in [2.05, 4.69) is 21.4 Å². The molecule has 1 aliphatic heterocycles. The molecule has 2 aliphatic rings. The Morgan fingerprint density at radius 2 is 1.84 bits per heavy atom. The SMILES string of the molecule is Cc1nn(CCC#N)c(C)c1CCC(=O)NCCN1CCN(C(=O)C2CCCC2)CC1. The van der Waals surface area contributed by atoms with Crippen molar-refractivity contribution in [1.29, 1.82) is 5.26 Å². The third-order valence-corrected chi connectivity index (χ3v) is 6.71. The maximum atomic E-state index is 12.5. The smallest absolute Gasteiger partial charge is 0.225 e. The van der Waals surface area contributed by atoms with Crippen LogP contribution in [0.2, 0.25) is 0 Å². The highest BCUT2D eigenvalue weighted by atomic mass is 16.2. The summed E-state index contributed by atoms with van der Waals surface area (Å²) in [4.78, 5) is 29.2. The first-order valence-corrected chi connectivity index (χ1v) is 11.7. The minimum Gasteiger partial charge on any atom is -0.355 e. The van der Waals surface area contributed by atoms with Crippen LogP contribution in [0.3, 0.4) is 0 Å². The number of carbonyl (C=O) groups excluding carboxylic acids is 2. The number of carbonyl (C=O) groups is 2. The second-order valence-electron chi connectivity index (χ2n) is 8.78. The lowest BCUT2D eigenvalue weighted by atomic mass is 10.1. The molecule has 8 nitrogen and oxygen atoms in total. The molecule has 2 amide bonds. The van der Waals surface area contributed by atoms with Gasteiger partial charge in [0.25, 0.3) is 0 Å². The van der Waals surface area contributed by atoms with Crippen molar-refractivity contribution in [3.63, 3.8) is 0 Å². The van der Waals surface area contributed by atoms with Crippen LogP contribution in [0, 0.1) is 31.1 Å². The molecule has 2 heterocycles. The summed E-state index contributed by atoms with van der Waals surface area (Å²) in [5.41, 5.74) is 3.09. The zero-order chi connectivity index (χ0) is 22.2. The van der Waals surface area contributed by atoms with Gasteiger partial charge in [0.15, 0.2) is 0 Å². The first kappa shape index (κ1) is 23.3. The highest BCUT2D eigenvalue weighted by Gasteiger charge is 2.29. The monoisotopic (exact) mass is 428 g/mol. The number of nitrogens with zero attached hydrogens (tertiary/aromatic N) is 5. The van der Waals surface area contributed by atoms with Gasteiger partial charge in [0.1, 0.15) is 0 Å². The molecular weight excluding hydrogens is 392 g/mol. The van der Waals surface area contributed by atoms with Crippen molar-refractivity contribution in [3.05, 3.63) is 17.0 Å². The van der Waals surface area contributed by atoms with Crippen LogP contribution in [0.1, 0.15) is 55.5 Å². The highest BCUT2D eigenvalue weighted by Crippen LogP contribution is 2.26. The molecule has 0 unspecified atom stereocenters. The molecule has 0 spiro atoms. The van der Waals surface area contributed by atoms with Gasteiger partial charge in [0.05, 0.1) is 24.7 Å². The molecule has 2 fully saturated rings. The van der Waals surface area contributed by atoms with E-state index in [4.69, 9.17) is 5.26 Å². The Labute approximate surface area is 185 Å². The van der Waals surface area contributed by atoms with Crippen molar-refractivity contribution in [1.82, 2.24) is 24.9 Å². The summed E-state index contributed by atoms with van der Waals surface area (Å²) in [6.07, 6.45) is 6.05. The van der Waals surface area contributed by atoms with E-state index in [9.17, 15) is 9.59 Å². The summed E-state index contributed by atoms with van der Waals surface area (Å²) in [7, 11) is 0. The molecule has 0 aromatic carbocycles. The summed E-state index contributed by atoms with van der Waals surface area (Å²) in [5.74, 6) is 0.669. The minimum atomic E-state index is 0.0543. The van der Waals surface area contributed by atoms with Gasteiger partial charge in [-0.15, -0.1) is 0 Å². The van der Waals surface area contributed by atoms with Crippen molar-refractivity contribution in [2.75, 3.05) is 39.3 Å². The maximum Gasteiger partial charge on any atom is 0.225 e. The number of piperazine rings is 1. The van der Waals surface area contributed by atoms with Crippen molar-refractivity contribution in [3.8, 4) is 6.07 Å². The van der Waals surface area contributed by atoms with Gasteiger partial charge in [-0.3, -0.25) is 19.2 Å². The predicted molar refractivity (Wildman–Crippen MR) is 118 cm³/mol. The molecule has 1 saturated heterocycles. The highest BCUT2D eigenvalue weighted by molar-refractivity contribution is 5.79. The number of aryl methyl sites for hydroxylation is 2. The zero-order valence-electron chi connectivity index (χ0n) is 19.0. The van der Waals surface area contributed by atoms with E-state index >= 15 is 0 Å². The van der Waals surface area contributed by atoms with Gasteiger partial charge in [0.2, 0.25) is 11.8 Å². The van der Waals surface area contributed by atoms with E-state index in [0.29, 0.717) is 38.3 Å². The van der Waals surface area contributed by atoms with E-state index in [-0.39, 0.29) is 11.8 Å². The molecule has 0 atom stereocenters. The lowest BCUT2D eigenvalue weighted by molar-refractivity contribution is -0.137. The van der Waals surface area contributed by atoms with Crippen molar-refractivity contribution < 1.29 is 9.59 Å². The molecule has 170 valence electrons. The molecule has 3 rings (SSSR count). The Morgan fingerprint density at radius 3 is 2.52 bits per heavy atom. The van der Waals surface area contributed by atoms with Crippen LogP contribution < -0.4 is 5.32 Å². The molecule has 1 saturated carbocycles. The number of amides is 2. The minimum absolute atomic E-state index is 0.0543. The fraction of sp³-hybridized carbons (Fsp3) is 0.739. The van der Waals surface area contributed by atoms with Crippen LogP contribution >= 0.6 is 0 Å². The second-order valence-corrected chi connectivity index (χ2v) is 8.78. The van der Waals surface area contributed by atoms with Gasteiger partial charge in [-0.25, -0.2) is 0 Å². The lowest BCUT2D eigenvalue weighted by Crippen LogP contribution is -2.51. The fourth-order valence-corrected chi connectivity index (χ4v) is 4.77. The quantitative estimate of drug-likeness (QED) is 0.647. The number of nitriles is 1. The van der Waals surface area contributed by atoms with Crippen molar-refractivity contribution >= 4 is 11.8 Å². The Morgan fingerprint density at radius 1 is 1.13 bits per heavy atom. The fourth-order valence-electron chi connectivity index (χ4n) is 4.77. The number of hydrogen-bond donors (Lipinski definition) is 1. The zero-order valence-corrected chi connectivity index (χ0v) is 19.0. The first-order chi connectivity index (χ1) is 15.0. The van der Waals surface area contributed by atoms with Crippen LogP contribution in [0.15, 0.2) is 0 Å². The van der Waals surface area contributed by atoms with E-state index in [1.165, 1.54) is 12.8 Å². The van der Waals surface area contributed by atoms with Gasteiger partial charge in [-0.1, -0.05) is 12.8 Å². The Hall–Kier alpha value is -2.40. The van der Waals surface area contributed by atoms with Crippen LogP contribution in [0.25, 0.3) is 0 Å². The normalized spacial score (nSPS) is 17.6. The van der Waals surface area contributed by atoms with Crippen LogP contribution in [-0.2, 0) is 22.6 Å². The Balaban J connectivity index is 1.33. The maximum absolute atomic E-state index is 12.5. The molecule has 1 aliphatic carbocycles. The van der Waals surface area contributed by atoms with Crippen LogP contribution in [0.5, 0.6) is 0 Å². The van der Waals surface area contributed by atoms with E-state index in [1.807, 2.05) is 23.4 Å². The van der Waals surface area contributed by atoms with Crippen LogP contribution in [0.4, 0.5) is 0 Å². The number of nitrogens with one attached hydrogen (secondary N) is 1. The van der Waals surface area contributed by atoms with Gasteiger partial charge in [-0.05, 0) is 38.7 Å². The molecule has 1 aromatic rings. The van der Waals surface area contributed by atoms with E-state index in [0.717, 1.165) is 62.5 Å². The molecular formula is C23H36N6O2. The van der Waals surface area contributed by atoms with E-state index < -0.39 is 0 Å². The Kier molecular flexibility index (Phi) is 8.47. The molecule has 31 heavy (non-hydrogen) atoms. The van der Waals surface area contributed by atoms with Crippen molar-refractivity contribution in [2.24, 2.45) is 5.92 Å². The number of rotatable bonds is 9. The van der Waals surface area contributed by atoms with E-state index in [1.54, 1.807) is 0 Å². The average Bonchev–Trinajstić information content (AvgIpc) is 3.39. The third-order valence-electron chi connectivity index (χ3n) is 6.71. The van der Waals surface area contributed by atoms with Gasteiger partial charge in [-0.2, -0.15) is 10.4 Å². The van der Waals surface area contributed by atoms with Gasteiger partial charge in [0, 0.05) is 57.3 Å². The molecule has 0 bridgehead atoms. The summed E-state index contributed by atoms with van der Waals surface area (Å²) < 4.78 is 1.86. The first-order valence-electron chi connectivity index (χ1n) is 11.7.